The third-order valence-corrected chi connectivity index (χ3v) is 3.80. The van der Waals surface area contributed by atoms with Crippen LogP contribution in [0.2, 0.25) is 10.0 Å². The lowest BCUT2D eigenvalue weighted by molar-refractivity contribution is 0.318. The fourth-order valence-corrected chi connectivity index (χ4v) is 2.73. The summed E-state index contributed by atoms with van der Waals surface area (Å²) in [6.45, 7) is 0. The molecule has 0 saturated heterocycles. The van der Waals surface area contributed by atoms with Crippen molar-refractivity contribution < 1.29 is 14.4 Å². The smallest absolute Gasteiger partial charge is 0.176 e. The van der Waals surface area contributed by atoms with Gasteiger partial charge in [-0.05, 0) is 30.3 Å². The van der Waals surface area contributed by atoms with Crippen molar-refractivity contribution in [3.63, 3.8) is 0 Å². The maximum absolute atomic E-state index is 9.38. The van der Waals surface area contributed by atoms with E-state index in [0.717, 1.165) is 5.39 Å². The van der Waals surface area contributed by atoms with Gasteiger partial charge in [0, 0.05) is 16.0 Å². The van der Waals surface area contributed by atoms with Crippen LogP contribution in [-0.4, -0.2) is 18.0 Å². The molecule has 0 spiro atoms. The molecule has 2 aromatic carbocycles. The van der Waals surface area contributed by atoms with E-state index in [9.17, 15) is 5.21 Å². The summed E-state index contributed by atoms with van der Waals surface area (Å²) in [5.41, 5.74) is 1.32. The Morgan fingerprint density at radius 3 is 2.68 bits per heavy atom. The number of methoxy groups -OCH3 is 1. The van der Waals surface area contributed by atoms with Gasteiger partial charge in [-0.1, -0.05) is 40.5 Å². The minimum atomic E-state index is 0.222. The Labute approximate surface area is 136 Å². The summed E-state index contributed by atoms with van der Waals surface area (Å²) in [5, 5.41) is 14.4. The standard InChI is InChI=1S/C16H11Cl2NO3/c1-21-13-4-2-3-9-7-14(22-16(9)13)15(19-20)11-6-5-10(17)8-12(11)18/h2-8,20H,1H3/b19-15-. The molecular weight excluding hydrogens is 325 g/mol. The Morgan fingerprint density at radius 1 is 1.18 bits per heavy atom. The van der Waals surface area contributed by atoms with Gasteiger partial charge in [0.15, 0.2) is 22.8 Å². The van der Waals surface area contributed by atoms with E-state index in [-0.39, 0.29) is 5.71 Å². The number of para-hydroxylation sites is 1. The van der Waals surface area contributed by atoms with E-state index in [1.807, 2.05) is 12.1 Å². The molecule has 112 valence electrons. The highest BCUT2D eigenvalue weighted by atomic mass is 35.5. The number of furan rings is 1. The molecule has 0 aliphatic rings. The number of rotatable bonds is 3. The van der Waals surface area contributed by atoms with Gasteiger partial charge in [0.05, 0.1) is 12.1 Å². The molecule has 0 saturated carbocycles. The van der Waals surface area contributed by atoms with Gasteiger partial charge >= 0.3 is 0 Å². The van der Waals surface area contributed by atoms with Crippen LogP contribution >= 0.6 is 23.2 Å². The Kier molecular flexibility index (Phi) is 3.96. The Hall–Kier alpha value is -2.17. The van der Waals surface area contributed by atoms with E-state index in [4.69, 9.17) is 32.4 Å². The van der Waals surface area contributed by atoms with Gasteiger partial charge in [0.25, 0.3) is 0 Å². The monoisotopic (exact) mass is 335 g/mol. The van der Waals surface area contributed by atoms with E-state index in [1.165, 1.54) is 0 Å². The molecule has 0 radical (unpaired) electrons. The number of nitrogens with zero attached hydrogens (tertiary/aromatic N) is 1. The number of hydrogen-bond acceptors (Lipinski definition) is 4. The molecule has 1 heterocycles. The van der Waals surface area contributed by atoms with Crippen LogP contribution in [0.15, 0.2) is 52.0 Å². The van der Waals surface area contributed by atoms with Crippen LogP contribution in [0.3, 0.4) is 0 Å². The molecule has 3 rings (SSSR count). The third kappa shape index (κ3) is 2.51. The van der Waals surface area contributed by atoms with Crippen molar-refractivity contribution >= 4 is 39.9 Å². The normalized spacial score (nSPS) is 11.9. The van der Waals surface area contributed by atoms with Crippen LogP contribution in [0.25, 0.3) is 11.0 Å². The predicted octanol–water partition coefficient (Wildman–Crippen LogP) is 4.97. The van der Waals surface area contributed by atoms with Crippen LogP contribution in [0, 0.1) is 0 Å². The second kappa shape index (κ2) is 5.91. The first kappa shape index (κ1) is 14.8. The number of hydrogen-bond donors (Lipinski definition) is 1. The molecular formula is C16H11Cl2NO3. The van der Waals surface area contributed by atoms with Crippen molar-refractivity contribution in [2.45, 2.75) is 0 Å². The molecule has 4 nitrogen and oxygen atoms in total. The van der Waals surface area contributed by atoms with E-state index in [2.05, 4.69) is 5.16 Å². The second-order valence-electron chi connectivity index (χ2n) is 4.56. The van der Waals surface area contributed by atoms with Crippen molar-refractivity contribution in [2.75, 3.05) is 7.11 Å². The zero-order chi connectivity index (χ0) is 15.7. The fraction of sp³-hybridized carbons (Fsp3) is 0.0625. The van der Waals surface area contributed by atoms with Gasteiger partial charge in [-0.2, -0.15) is 0 Å². The Balaban J connectivity index is 2.16. The van der Waals surface area contributed by atoms with Gasteiger partial charge < -0.3 is 14.4 Å². The maximum atomic E-state index is 9.38. The second-order valence-corrected chi connectivity index (χ2v) is 5.41. The average molecular weight is 336 g/mol. The molecule has 0 aliphatic heterocycles. The number of benzene rings is 2. The van der Waals surface area contributed by atoms with Gasteiger partial charge in [-0.25, -0.2) is 0 Å². The lowest BCUT2D eigenvalue weighted by atomic mass is 10.1. The topological polar surface area (TPSA) is 55.0 Å². The van der Waals surface area contributed by atoms with Crippen LogP contribution in [0.4, 0.5) is 0 Å². The molecule has 0 fully saturated rings. The molecule has 0 unspecified atom stereocenters. The molecule has 3 aromatic rings. The van der Waals surface area contributed by atoms with Gasteiger partial charge in [0.1, 0.15) is 0 Å². The third-order valence-electron chi connectivity index (χ3n) is 3.25. The highest BCUT2D eigenvalue weighted by molar-refractivity contribution is 6.37. The first-order valence-corrected chi connectivity index (χ1v) is 7.14. The summed E-state index contributed by atoms with van der Waals surface area (Å²) >= 11 is 12.1. The summed E-state index contributed by atoms with van der Waals surface area (Å²) in [6, 6.07) is 12.2. The van der Waals surface area contributed by atoms with Crippen LogP contribution in [0.5, 0.6) is 5.75 Å². The van der Waals surface area contributed by atoms with Crippen LogP contribution in [-0.2, 0) is 0 Å². The molecule has 0 atom stereocenters. The summed E-state index contributed by atoms with van der Waals surface area (Å²) < 4.78 is 11.0. The zero-order valence-electron chi connectivity index (χ0n) is 11.5. The number of oxime groups is 1. The van der Waals surface area contributed by atoms with Gasteiger partial charge in [-0.3, -0.25) is 0 Å². The molecule has 0 aliphatic carbocycles. The first-order chi connectivity index (χ1) is 10.6. The predicted molar refractivity (Wildman–Crippen MR) is 86.7 cm³/mol. The number of ether oxygens (including phenoxy) is 1. The Morgan fingerprint density at radius 2 is 2.00 bits per heavy atom. The lowest BCUT2D eigenvalue weighted by Gasteiger charge is -2.04. The molecule has 6 heteroatoms. The first-order valence-electron chi connectivity index (χ1n) is 6.38. The van der Waals surface area contributed by atoms with E-state index in [0.29, 0.717) is 32.7 Å². The fourth-order valence-electron chi connectivity index (χ4n) is 2.23. The van der Waals surface area contributed by atoms with E-state index < -0.39 is 0 Å². The minimum Gasteiger partial charge on any atom is -0.493 e. The van der Waals surface area contributed by atoms with Crippen LogP contribution < -0.4 is 4.74 Å². The molecule has 0 bridgehead atoms. The van der Waals surface area contributed by atoms with Crippen molar-refractivity contribution in [1.82, 2.24) is 0 Å². The number of fused-ring (bicyclic) bond motifs is 1. The largest absolute Gasteiger partial charge is 0.493 e. The highest BCUT2D eigenvalue weighted by Crippen LogP contribution is 2.31. The molecule has 1 N–H and O–H groups in total. The summed E-state index contributed by atoms with van der Waals surface area (Å²) in [7, 11) is 1.56. The number of halogens is 2. The summed E-state index contributed by atoms with van der Waals surface area (Å²) in [5.74, 6) is 0.981. The van der Waals surface area contributed by atoms with Crippen molar-refractivity contribution in [1.29, 1.82) is 0 Å². The zero-order valence-corrected chi connectivity index (χ0v) is 13.0. The molecule has 1 aromatic heterocycles. The summed E-state index contributed by atoms with van der Waals surface area (Å²) in [6.07, 6.45) is 0. The van der Waals surface area contributed by atoms with E-state index >= 15 is 0 Å². The highest BCUT2D eigenvalue weighted by Gasteiger charge is 2.18. The molecule has 22 heavy (non-hydrogen) atoms. The quantitative estimate of drug-likeness (QED) is 0.417. The maximum Gasteiger partial charge on any atom is 0.176 e. The molecule has 0 amide bonds. The SMILES string of the molecule is COc1cccc2cc(/C(=N\O)c3ccc(Cl)cc3Cl)oc12. The van der Waals surface area contributed by atoms with Gasteiger partial charge in [0.2, 0.25) is 0 Å². The Bertz CT molecular complexity index is 871. The lowest BCUT2D eigenvalue weighted by Crippen LogP contribution is -2.02. The van der Waals surface area contributed by atoms with Crippen molar-refractivity contribution in [3.05, 3.63) is 63.8 Å². The van der Waals surface area contributed by atoms with E-state index in [1.54, 1.807) is 37.4 Å². The minimum absolute atomic E-state index is 0.222. The average Bonchev–Trinajstić information content (AvgIpc) is 2.93. The van der Waals surface area contributed by atoms with Crippen LogP contribution in [0.1, 0.15) is 11.3 Å². The van der Waals surface area contributed by atoms with Crippen molar-refractivity contribution in [3.8, 4) is 5.75 Å². The summed E-state index contributed by atoms with van der Waals surface area (Å²) in [4.78, 5) is 0. The van der Waals surface area contributed by atoms with Gasteiger partial charge in [-0.15, -0.1) is 0 Å². The van der Waals surface area contributed by atoms with Crippen molar-refractivity contribution in [2.24, 2.45) is 5.16 Å².